The highest BCUT2D eigenvalue weighted by atomic mass is 16.2. The van der Waals surface area contributed by atoms with Gasteiger partial charge in [-0.15, -0.1) is 0 Å². The molecule has 3 rings (SSSR count). The summed E-state index contributed by atoms with van der Waals surface area (Å²) in [6, 6.07) is 17.7. The number of rotatable bonds is 3. The molecule has 0 atom stereocenters. The Bertz CT molecular complexity index is 821. The Balaban J connectivity index is 1.91. The maximum Gasteiger partial charge on any atom is 0.256 e. The molecule has 0 saturated carbocycles. The molecule has 1 amide bonds. The molecule has 3 aromatic rings. The van der Waals surface area contributed by atoms with E-state index in [0.29, 0.717) is 12.1 Å². The van der Waals surface area contributed by atoms with Gasteiger partial charge in [-0.3, -0.25) is 9.78 Å². The van der Waals surface area contributed by atoms with E-state index in [1.807, 2.05) is 49.5 Å². The summed E-state index contributed by atoms with van der Waals surface area (Å²) in [5.41, 5.74) is 3.76. The average Bonchev–Trinajstić information content (AvgIpc) is 2.55. The van der Waals surface area contributed by atoms with Gasteiger partial charge in [-0.25, -0.2) is 0 Å². The number of pyridine rings is 1. The van der Waals surface area contributed by atoms with Crippen molar-refractivity contribution < 1.29 is 4.79 Å². The quantitative estimate of drug-likeness (QED) is 0.735. The number of hydrogen-bond acceptors (Lipinski definition) is 2. The van der Waals surface area contributed by atoms with Gasteiger partial charge in [0, 0.05) is 25.2 Å². The predicted molar refractivity (Wildman–Crippen MR) is 88.7 cm³/mol. The van der Waals surface area contributed by atoms with Gasteiger partial charge in [0.1, 0.15) is 0 Å². The summed E-state index contributed by atoms with van der Waals surface area (Å²) in [5, 5.41) is 0.984. The van der Waals surface area contributed by atoms with Gasteiger partial charge in [0.15, 0.2) is 0 Å². The minimum absolute atomic E-state index is 0.00690. The molecule has 0 radical (unpaired) electrons. The van der Waals surface area contributed by atoms with Crippen LogP contribution in [0, 0.1) is 6.92 Å². The van der Waals surface area contributed by atoms with E-state index in [-0.39, 0.29) is 5.91 Å². The Morgan fingerprint density at radius 3 is 2.64 bits per heavy atom. The third kappa shape index (κ3) is 2.70. The molecule has 1 heterocycles. The Morgan fingerprint density at radius 2 is 1.82 bits per heavy atom. The number of carbonyl (C=O) groups is 1. The van der Waals surface area contributed by atoms with Gasteiger partial charge < -0.3 is 4.90 Å². The largest absolute Gasteiger partial charge is 0.337 e. The van der Waals surface area contributed by atoms with Gasteiger partial charge >= 0.3 is 0 Å². The first kappa shape index (κ1) is 14.3. The highest BCUT2D eigenvalue weighted by Gasteiger charge is 2.16. The molecular weight excluding hydrogens is 272 g/mol. The van der Waals surface area contributed by atoms with Crippen LogP contribution in [0.15, 0.2) is 60.8 Å². The summed E-state index contributed by atoms with van der Waals surface area (Å²) in [6.07, 6.45) is 1.72. The van der Waals surface area contributed by atoms with Gasteiger partial charge in [-0.2, -0.15) is 0 Å². The van der Waals surface area contributed by atoms with Crippen LogP contribution < -0.4 is 0 Å². The third-order valence-electron chi connectivity index (χ3n) is 3.88. The molecule has 3 heteroatoms. The summed E-state index contributed by atoms with van der Waals surface area (Å²) in [4.78, 5) is 18.9. The number of amides is 1. The number of fused-ring (bicyclic) bond motifs is 1. The topological polar surface area (TPSA) is 33.2 Å². The number of aromatic nitrogens is 1. The lowest BCUT2D eigenvalue weighted by atomic mass is 10.1. The Morgan fingerprint density at radius 1 is 1.05 bits per heavy atom. The van der Waals surface area contributed by atoms with Crippen molar-refractivity contribution in [3.8, 4) is 0 Å². The first-order valence-corrected chi connectivity index (χ1v) is 7.30. The fraction of sp³-hybridized carbons (Fsp3) is 0.158. The Hall–Kier alpha value is -2.68. The van der Waals surface area contributed by atoms with Crippen molar-refractivity contribution in [3.63, 3.8) is 0 Å². The standard InChI is InChI=1S/C19H18N2O/c1-14-7-3-4-8-16(14)13-21(2)19(22)17-11-5-9-15-10-6-12-20-18(15)17/h3-12H,13H2,1-2H3. The van der Waals surface area contributed by atoms with E-state index < -0.39 is 0 Å². The SMILES string of the molecule is Cc1ccccc1CN(C)C(=O)c1cccc2cccnc12. The van der Waals surface area contributed by atoms with Crippen molar-refractivity contribution in [2.24, 2.45) is 0 Å². The van der Waals surface area contributed by atoms with E-state index >= 15 is 0 Å². The van der Waals surface area contributed by atoms with Crippen LogP contribution in [0.5, 0.6) is 0 Å². The summed E-state index contributed by atoms with van der Waals surface area (Å²) in [6.45, 7) is 2.65. The maximum absolute atomic E-state index is 12.8. The van der Waals surface area contributed by atoms with Crippen molar-refractivity contribution in [2.45, 2.75) is 13.5 Å². The highest BCUT2D eigenvalue weighted by Crippen LogP contribution is 2.18. The number of aryl methyl sites for hydroxylation is 1. The van der Waals surface area contributed by atoms with E-state index in [4.69, 9.17) is 0 Å². The van der Waals surface area contributed by atoms with Gasteiger partial charge in [0.2, 0.25) is 0 Å². The van der Waals surface area contributed by atoms with Crippen LogP contribution in [0.1, 0.15) is 21.5 Å². The zero-order valence-corrected chi connectivity index (χ0v) is 12.8. The minimum atomic E-state index is -0.00690. The van der Waals surface area contributed by atoms with Crippen LogP contribution in [-0.2, 0) is 6.54 Å². The molecule has 22 heavy (non-hydrogen) atoms. The molecule has 0 aliphatic rings. The molecule has 0 unspecified atom stereocenters. The van der Waals surface area contributed by atoms with Crippen LogP contribution in [-0.4, -0.2) is 22.8 Å². The zero-order valence-electron chi connectivity index (χ0n) is 12.8. The second-order valence-corrected chi connectivity index (χ2v) is 5.47. The lowest BCUT2D eigenvalue weighted by Gasteiger charge is -2.19. The molecule has 2 aromatic carbocycles. The summed E-state index contributed by atoms with van der Waals surface area (Å²) in [7, 11) is 1.83. The van der Waals surface area contributed by atoms with E-state index in [1.165, 1.54) is 5.56 Å². The van der Waals surface area contributed by atoms with Crippen molar-refractivity contribution in [1.29, 1.82) is 0 Å². The molecule has 110 valence electrons. The molecular formula is C19H18N2O. The predicted octanol–water partition coefficient (Wildman–Crippen LogP) is 3.82. The van der Waals surface area contributed by atoms with Crippen LogP contribution in [0.3, 0.4) is 0 Å². The Labute approximate surface area is 130 Å². The second kappa shape index (κ2) is 5.98. The van der Waals surface area contributed by atoms with Crippen molar-refractivity contribution >= 4 is 16.8 Å². The smallest absolute Gasteiger partial charge is 0.256 e. The monoisotopic (exact) mass is 290 g/mol. The van der Waals surface area contributed by atoms with E-state index in [0.717, 1.165) is 16.5 Å². The van der Waals surface area contributed by atoms with Gasteiger partial charge in [0.05, 0.1) is 11.1 Å². The van der Waals surface area contributed by atoms with Crippen molar-refractivity contribution in [2.75, 3.05) is 7.05 Å². The lowest BCUT2D eigenvalue weighted by Crippen LogP contribution is -2.26. The summed E-state index contributed by atoms with van der Waals surface area (Å²) >= 11 is 0. The molecule has 0 fully saturated rings. The van der Waals surface area contributed by atoms with Crippen LogP contribution in [0.4, 0.5) is 0 Å². The van der Waals surface area contributed by atoms with Crippen LogP contribution >= 0.6 is 0 Å². The summed E-state index contributed by atoms with van der Waals surface area (Å²) in [5.74, 6) is -0.00690. The molecule has 0 N–H and O–H groups in total. The fourth-order valence-corrected chi connectivity index (χ4v) is 2.60. The number of nitrogens with zero attached hydrogens (tertiary/aromatic N) is 2. The number of hydrogen-bond donors (Lipinski definition) is 0. The second-order valence-electron chi connectivity index (χ2n) is 5.47. The van der Waals surface area contributed by atoms with Crippen molar-refractivity contribution in [3.05, 3.63) is 77.5 Å². The van der Waals surface area contributed by atoms with Gasteiger partial charge in [0.25, 0.3) is 5.91 Å². The van der Waals surface area contributed by atoms with Gasteiger partial charge in [-0.05, 0) is 30.2 Å². The van der Waals surface area contributed by atoms with E-state index in [2.05, 4.69) is 24.0 Å². The normalized spacial score (nSPS) is 10.6. The molecule has 0 spiro atoms. The van der Waals surface area contributed by atoms with Gasteiger partial charge in [-0.1, -0.05) is 42.5 Å². The average molecular weight is 290 g/mol. The molecule has 0 aliphatic heterocycles. The highest BCUT2D eigenvalue weighted by molar-refractivity contribution is 6.05. The lowest BCUT2D eigenvalue weighted by molar-refractivity contribution is 0.0786. The molecule has 1 aromatic heterocycles. The minimum Gasteiger partial charge on any atom is -0.337 e. The molecule has 0 aliphatic carbocycles. The first-order chi connectivity index (χ1) is 10.7. The number of carbonyl (C=O) groups excluding carboxylic acids is 1. The van der Waals surface area contributed by atoms with Crippen LogP contribution in [0.25, 0.3) is 10.9 Å². The summed E-state index contributed by atoms with van der Waals surface area (Å²) < 4.78 is 0. The zero-order chi connectivity index (χ0) is 15.5. The molecule has 0 bridgehead atoms. The third-order valence-corrected chi connectivity index (χ3v) is 3.88. The van der Waals surface area contributed by atoms with Crippen molar-refractivity contribution in [1.82, 2.24) is 9.88 Å². The van der Waals surface area contributed by atoms with E-state index in [1.54, 1.807) is 11.1 Å². The number of para-hydroxylation sites is 1. The molecule has 3 nitrogen and oxygen atoms in total. The maximum atomic E-state index is 12.8. The number of benzene rings is 2. The Kier molecular flexibility index (Phi) is 3.88. The fourth-order valence-electron chi connectivity index (χ4n) is 2.60. The molecule has 0 saturated heterocycles. The van der Waals surface area contributed by atoms with Crippen LogP contribution in [0.2, 0.25) is 0 Å². The first-order valence-electron chi connectivity index (χ1n) is 7.30. The van der Waals surface area contributed by atoms with E-state index in [9.17, 15) is 4.79 Å².